The van der Waals surface area contributed by atoms with Crippen LogP contribution in [-0.2, 0) is 11.2 Å². The first-order chi connectivity index (χ1) is 15.5. The number of aromatic nitrogens is 1. The highest BCUT2D eigenvalue weighted by molar-refractivity contribution is 7.15. The maximum atomic E-state index is 12.6. The summed E-state index contributed by atoms with van der Waals surface area (Å²) in [4.78, 5) is 17.8. The maximum absolute atomic E-state index is 12.6. The number of halogens is 2. The van der Waals surface area contributed by atoms with E-state index < -0.39 is 5.91 Å². The third-order valence-electron chi connectivity index (χ3n) is 4.45. The minimum absolute atomic E-state index is 0.0913. The lowest BCUT2D eigenvalue weighted by atomic mass is 10.1. The van der Waals surface area contributed by atoms with Crippen LogP contribution in [0.5, 0.6) is 0 Å². The van der Waals surface area contributed by atoms with Crippen molar-refractivity contribution in [2.45, 2.75) is 6.42 Å². The van der Waals surface area contributed by atoms with Crippen LogP contribution >= 0.6 is 34.5 Å². The zero-order chi connectivity index (χ0) is 22.5. The van der Waals surface area contributed by atoms with E-state index in [1.54, 1.807) is 30.5 Å². The molecule has 32 heavy (non-hydrogen) atoms. The fraction of sp³-hybridized carbons (Fsp3) is 0.0417. The molecule has 0 aliphatic carbocycles. The Morgan fingerprint density at radius 2 is 1.94 bits per heavy atom. The number of amides is 1. The Morgan fingerprint density at radius 3 is 2.69 bits per heavy atom. The number of benzene rings is 2. The number of nitrogens with zero attached hydrogens (tertiary/aromatic N) is 2. The highest BCUT2D eigenvalue weighted by Crippen LogP contribution is 2.26. The summed E-state index contributed by atoms with van der Waals surface area (Å²) in [5, 5.41) is 13.8. The fourth-order valence-electron chi connectivity index (χ4n) is 2.93. The van der Waals surface area contributed by atoms with Gasteiger partial charge in [0.05, 0.1) is 0 Å². The molecule has 1 amide bonds. The number of nitrogens with one attached hydrogen (secondary N) is 1. The molecule has 0 atom stereocenters. The average Bonchev–Trinajstić information content (AvgIpc) is 3.43. The third-order valence-corrected chi connectivity index (χ3v) is 5.85. The van der Waals surface area contributed by atoms with E-state index in [0.717, 1.165) is 16.0 Å². The summed E-state index contributed by atoms with van der Waals surface area (Å²) in [5.74, 6) is 0.415. The number of thiazole rings is 1. The highest BCUT2D eigenvalue weighted by Gasteiger charge is 2.14. The van der Waals surface area contributed by atoms with Crippen molar-refractivity contribution in [3.05, 3.63) is 98.7 Å². The van der Waals surface area contributed by atoms with Crippen molar-refractivity contribution >= 4 is 51.7 Å². The molecular weight excluding hydrogens is 465 g/mol. The predicted molar refractivity (Wildman–Crippen MR) is 128 cm³/mol. The molecule has 0 spiro atoms. The van der Waals surface area contributed by atoms with Crippen LogP contribution in [0.25, 0.3) is 17.4 Å². The molecule has 2 heterocycles. The first kappa shape index (κ1) is 21.8. The number of nitriles is 1. The van der Waals surface area contributed by atoms with Gasteiger partial charge in [0.15, 0.2) is 5.13 Å². The molecule has 0 saturated carbocycles. The Hall–Kier alpha value is -3.37. The number of anilines is 1. The van der Waals surface area contributed by atoms with Gasteiger partial charge in [0, 0.05) is 39.2 Å². The van der Waals surface area contributed by atoms with Crippen molar-refractivity contribution in [3.8, 4) is 17.4 Å². The molecule has 1 N–H and O–H groups in total. The van der Waals surface area contributed by atoms with E-state index in [1.807, 2.05) is 42.5 Å². The molecular formula is C24H15Cl2N3O2S. The molecule has 0 unspecified atom stereocenters. The molecule has 4 aromatic rings. The highest BCUT2D eigenvalue weighted by atomic mass is 35.5. The van der Waals surface area contributed by atoms with Crippen molar-refractivity contribution in [2.75, 3.05) is 5.32 Å². The number of carbonyl (C=O) groups excluding carboxylic acids is 1. The smallest absolute Gasteiger partial charge is 0.268 e. The number of furan rings is 1. The number of hydrogen-bond acceptors (Lipinski definition) is 5. The second kappa shape index (κ2) is 9.84. The summed E-state index contributed by atoms with van der Waals surface area (Å²) in [6.45, 7) is 0. The van der Waals surface area contributed by atoms with Gasteiger partial charge in [0.2, 0.25) is 0 Å². The third kappa shape index (κ3) is 5.45. The van der Waals surface area contributed by atoms with Gasteiger partial charge in [-0.25, -0.2) is 4.98 Å². The Morgan fingerprint density at radius 1 is 1.12 bits per heavy atom. The Balaban J connectivity index is 1.44. The van der Waals surface area contributed by atoms with Crippen LogP contribution in [-0.4, -0.2) is 10.9 Å². The first-order valence-electron chi connectivity index (χ1n) is 9.48. The average molecular weight is 480 g/mol. The van der Waals surface area contributed by atoms with E-state index in [2.05, 4.69) is 10.3 Å². The first-order valence-corrected chi connectivity index (χ1v) is 11.1. The molecule has 0 fully saturated rings. The van der Waals surface area contributed by atoms with Crippen LogP contribution in [0.2, 0.25) is 10.0 Å². The van der Waals surface area contributed by atoms with E-state index >= 15 is 0 Å². The summed E-state index contributed by atoms with van der Waals surface area (Å²) in [6, 6.07) is 20.1. The summed E-state index contributed by atoms with van der Waals surface area (Å²) >= 11 is 13.3. The largest absolute Gasteiger partial charge is 0.457 e. The van der Waals surface area contributed by atoms with E-state index in [1.165, 1.54) is 17.4 Å². The lowest BCUT2D eigenvalue weighted by molar-refractivity contribution is -0.112. The van der Waals surface area contributed by atoms with Gasteiger partial charge in [-0.1, -0.05) is 47.5 Å². The normalized spacial score (nSPS) is 11.2. The van der Waals surface area contributed by atoms with Gasteiger partial charge >= 0.3 is 0 Å². The molecule has 158 valence electrons. The van der Waals surface area contributed by atoms with Gasteiger partial charge < -0.3 is 4.42 Å². The van der Waals surface area contributed by atoms with E-state index in [0.29, 0.717) is 33.1 Å². The van der Waals surface area contributed by atoms with Crippen molar-refractivity contribution in [1.29, 1.82) is 5.26 Å². The van der Waals surface area contributed by atoms with Crippen LogP contribution in [0.15, 0.2) is 76.9 Å². The zero-order valence-corrected chi connectivity index (χ0v) is 18.8. The molecule has 0 aliphatic rings. The summed E-state index contributed by atoms with van der Waals surface area (Å²) in [7, 11) is 0. The molecule has 0 saturated heterocycles. The zero-order valence-electron chi connectivity index (χ0n) is 16.5. The quantitative estimate of drug-likeness (QED) is 0.242. The molecule has 2 aromatic carbocycles. The number of carbonyl (C=O) groups is 1. The summed E-state index contributed by atoms with van der Waals surface area (Å²) < 4.78 is 5.75. The second-order valence-electron chi connectivity index (χ2n) is 6.77. The Bertz CT molecular complexity index is 1330. The predicted octanol–water partition coefficient (Wildman–Crippen LogP) is 6.85. The van der Waals surface area contributed by atoms with Crippen LogP contribution in [0.3, 0.4) is 0 Å². The Kier molecular flexibility index (Phi) is 6.72. The monoisotopic (exact) mass is 479 g/mol. The van der Waals surface area contributed by atoms with E-state index in [-0.39, 0.29) is 5.57 Å². The van der Waals surface area contributed by atoms with E-state index in [9.17, 15) is 10.1 Å². The van der Waals surface area contributed by atoms with Crippen molar-refractivity contribution in [2.24, 2.45) is 0 Å². The van der Waals surface area contributed by atoms with Crippen LogP contribution in [0.1, 0.15) is 16.2 Å². The summed E-state index contributed by atoms with van der Waals surface area (Å²) in [6.07, 6.45) is 3.77. The SMILES string of the molecule is N#C/C(=C\c1ccc(-c2cccc(Cl)c2)o1)C(=O)Nc1ncc(Cc2ccc(Cl)cc2)s1. The van der Waals surface area contributed by atoms with Crippen molar-refractivity contribution in [1.82, 2.24) is 4.98 Å². The molecule has 5 nitrogen and oxygen atoms in total. The van der Waals surface area contributed by atoms with E-state index in [4.69, 9.17) is 27.6 Å². The van der Waals surface area contributed by atoms with Crippen LogP contribution in [0, 0.1) is 11.3 Å². The standard InChI is InChI=1S/C24H15Cl2N3O2S/c25-18-6-4-15(5-7-18)10-21-14-28-24(32-21)29-23(30)17(13-27)12-20-8-9-22(31-20)16-2-1-3-19(26)11-16/h1-9,11-12,14H,10H2,(H,28,29,30)/b17-12+. The lowest BCUT2D eigenvalue weighted by Gasteiger charge is -2.00. The number of rotatable bonds is 6. The van der Waals surface area contributed by atoms with Gasteiger partial charge in [-0.3, -0.25) is 10.1 Å². The van der Waals surface area contributed by atoms with Gasteiger partial charge in [-0.05, 0) is 42.0 Å². The van der Waals surface area contributed by atoms with Gasteiger partial charge in [-0.2, -0.15) is 5.26 Å². The van der Waals surface area contributed by atoms with Crippen molar-refractivity contribution in [3.63, 3.8) is 0 Å². The van der Waals surface area contributed by atoms with Crippen LogP contribution < -0.4 is 5.32 Å². The molecule has 0 aliphatic heterocycles. The molecule has 8 heteroatoms. The topological polar surface area (TPSA) is 78.9 Å². The van der Waals surface area contributed by atoms with Gasteiger partial charge in [0.25, 0.3) is 5.91 Å². The maximum Gasteiger partial charge on any atom is 0.268 e. The molecule has 0 radical (unpaired) electrons. The molecule has 0 bridgehead atoms. The van der Waals surface area contributed by atoms with Crippen molar-refractivity contribution < 1.29 is 9.21 Å². The van der Waals surface area contributed by atoms with Gasteiger partial charge in [0.1, 0.15) is 23.2 Å². The Labute approximate surface area is 198 Å². The fourth-order valence-corrected chi connectivity index (χ4v) is 4.09. The second-order valence-corrected chi connectivity index (χ2v) is 8.76. The molecule has 2 aromatic heterocycles. The van der Waals surface area contributed by atoms with Crippen LogP contribution in [0.4, 0.5) is 5.13 Å². The lowest BCUT2D eigenvalue weighted by Crippen LogP contribution is -2.13. The molecule has 4 rings (SSSR count). The number of hydrogen-bond donors (Lipinski definition) is 1. The minimum atomic E-state index is -0.555. The minimum Gasteiger partial charge on any atom is -0.457 e. The van der Waals surface area contributed by atoms with Gasteiger partial charge in [-0.15, -0.1) is 11.3 Å². The summed E-state index contributed by atoms with van der Waals surface area (Å²) in [5.41, 5.74) is 1.80.